The van der Waals surface area contributed by atoms with Crippen molar-refractivity contribution in [3.63, 3.8) is 0 Å². The molecule has 4 heterocycles. The summed E-state index contributed by atoms with van der Waals surface area (Å²) in [6, 6.07) is 0. The monoisotopic (exact) mass is 342 g/mol. The lowest BCUT2D eigenvalue weighted by Crippen LogP contribution is -2.49. The van der Waals surface area contributed by atoms with E-state index in [9.17, 15) is 0 Å². The molecule has 0 fully saturated rings. The first kappa shape index (κ1) is 15.7. The summed E-state index contributed by atoms with van der Waals surface area (Å²) in [5.41, 5.74) is 11.7. The molecule has 0 atom stereocenters. The predicted octanol–water partition coefficient (Wildman–Crippen LogP) is 3.18. The van der Waals surface area contributed by atoms with Gasteiger partial charge in [-0.2, -0.15) is 0 Å². The van der Waals surface area contributed by atoms with Gasteiger partial charge in [-0.3, -0.25) is 0 Å². The lowest BCUT2D eigenvalue weighted by Gasteiger charge is -2.37. The van der Waals surface area contributed by atoms with Crippen LogP contribution in [-0.2, 0) is 12.8 Å². The minimum absolute atomic E-state index is 1.08. The fraction of sp³-hybridized carbons (Fsp3) is 0.333. The molecule has 0 saturated heterocycles. The van der Waals surface area contributed by atoms with E-state index >= 15 is 0 Å². The Balaban J connectivity index is 2.07. The van der Waals surface area contributed by atoms with Gasteiger partial charge in [0.25, 0.3) is 0 Å². The van der Waals surface area contributed by atoms with Crippen LogP contribution in [-0.4, -0.2) is 22.9 Å². The van der Waals surface area contributed by atoms with Crippen LogP contribution in [0, 0.1) is 13.8 Å². The molecule has 5 rings (SSSR count). The van der Waals surface area contributed by atoms with Crippen LogP contribution in [0.5, 0.6) is 0 Å². The summed E-state index contributed by atoms with van der Waals surface area (Å²) >= 11 is 0. The van der Waals surface area contributed by atoms with Crippen LogP contribution in [0.25, 0.3) is 11.4 Å². The van der Waals surface area contributed by atoms with Gasteiger partial charge < -0.3 is 9.80 Å². The number of rotatable bonds is 0. The molecular weight excluding hydrogens is 316 g/mol. The Bertz CT molecular complexity index is 989. The fourth-order valence-corrected chi connectivity index (χ4v) is 5.14. The van der Waals surface area contributed by atoms with Gasteiger partial charge in [0.15, 0.2) is 0 Å². The molecule has 4 aliphatic heterocycles. The summed E-state index contributed by atoms with van der Waals surface area (Å²) in [4.78, 5) is 4.92. The molecule has 0 aromatic heterocycles. The quantitative estimate of drug-likeness (QED) is 0.714. The van der Waals surface area contributed by atoms with E-state index in [-0.39, 0.29) is 0 Å². The molecule has 1 aromatic carbocycles. The van der Waals surface area contributed by atoms with E-state index in [1.807, 2.05) is 0 Å². The van der Waals surface area contributed by atoms with Crippen molar-refractivity contribution in [3.05, 3.63) is 80.5 Å². The van der Waals surface area contributed by atoms with E-state index in [1.54, 1.807) is 11.1 Å². The number of hydrogen-bond donors (Lipinski definition) is 0. The minimum atomic E-state index is 1.08. The molecule has 132 valence electrons. The molecule has 0 N–H and O–H groups in total. The fourth-order valence-electron chi connectivity index (χ4n) is 5.14. The maximum absolute atomic E-state index is 2.46. The molecule has 0 saturated carbocycles. The predicted molar refractivity (Wildman–Crippen MR) is 109 cm³/mol. The van der Waals surface area contributed by atoms with Gasteiger partial charge in [-0.25, -0.2) is 0 Å². The molecule has 0 spiro atoms. The number of nitrogens with zero attached hydrogens (tertiary/aromatic N) is 2. The van der Waals surface area contributed by atoms with E-state index in [4.69, 9.17) is 0 Å². The SMILES string of the molecule is CC1=CC=CN2CCc3c(C)c(C)c4c(c3=C12)=C1C(C)=CC=CN1CC4. The second-order valence-electron chi connectivity index (χ2n) is 7.92. The summed E-state index contributed by atoms with van der Waals surface area (Å²) < 4.78 is 0. The zero-order chi connectivity index (χ0) is 18.0. The first-order chi connectivity index (χ1) is 12.6. The Morgan fingerprint density at radius 1 is 0.654 bits per heavy atom. The average molecular weight is 342 g/mol. The Morgan fingerprint density at radius 3 is 1.50 bits per heavy atom. The molecule has 0 amide bonds. The standard InChI is InChI=1S/C24H26N2/c1-15-7-5-11-25-13-9-19-17(3)18(4)20-10-14-26-12-6-8-16(2)24(26)22(20)21(19)23(15)25/h5-8,11-12H,9-10,13-14H2,1-4H3. The Labute approximate surface area is 155 Å². The number of benzene rings is 1. The van der Waals surface area contributed by atoms with Gasteiger partial charge in [-0.1, -0.05) is 12.2 Å². The third-order valence-electron chi connectivity index (χ3n) is 6.55. The topological polar surface area (TPSA) is 6.48 Å². The number of allylic oxidation sites excluding steroid dienone is 4. The molecule has 0 unspecified atom stereocenters. The van der Waals surface area contributed by atoms with E-state index in [0.717, 1.165) is 25.9 Å². The van der Waals surface area contributed by atoms with Crippen LogP contribution < -0.4 is 10.4 Å². The van der Waals surface area contributed by atoms with E-state index in [1.165, 1.54) is 44.1 Å². The molecule has 2 heteroatoms. The van der Waals surface area contributed by atoms with Gasteiger partial charge in [0, 0.05) is 35.9 Å². The van der Waals surface area contributed by atoms with Crippen molar-refractivity contribution in [1.82, 2.24) is 9.80 Å². The lowest BCUT2D eigenvalue weighted by molar-refractivity contribution is 0.495. The molecule has 4 aliphatic rings. The third-order valence-corrected chi connectivity index (χ3v) is 6.55. The van der Waals surface area contributed by atoms with Crippen molar-refractivity contribution in [2.75, 3.05) is 13.1 Å². The Morgan fingerprint density at radius 2 is 1.08 bits per heavy atom. The van der Waals surface area contributed by atoms with Crippen LogP contribution >= 0.6 is 0 Å². The van der Waals surface area contributed by atoms with Gasteiger partial charge in [0.2, 0.25) is 0 Å². The van der Waals surface area contributed by atoms with Crippen LogP contribution in [0.2, 0.25) is 0 Å². The van der Waals surface area contributed by atoms with Crippen molar-refractivity contribution in [3.8, 4) is 0 Å². The average Bonchev–Trinajstić information content (AvgIpc) is 2.65. The molecule has 2 nitrogen and oxygen atoms in total. The van der Waals surface area contributed by atoms with Crippen LogP contribution in [0.3, 0.4) is 0 Å². The summed E-state index contributed by atoms with van der Waals surface area (Å²) in [6.07, 6.45) is 15.7. The van der Waals surface area contributed by atoms with Gasteiger partial charge in [0.05, 0.1) is 11.4 Å². The van der Waals surface area contributed by atoms with Gasteiger partial charge in [-0.15, -0.1) is 0 Å². The summed E-state index contributed by atoms with van der Waals surface area (Å²) in [5, 5.41) is 2.99. The second-order valence-corrected chi connectivity index (χ2v) is 7.92. The maximum atomic E-state index is 2.46. The normalized spacial score (nSPS) is 20.3. The molecule has 0 radical (unpaired) electrons. The zero-order valence-corrected chi connectivity index (χ0v) is 16.2. The lowest BCUT2D eigenvalue weighted by atomic mass is 9.83. The molecule has 26 heavy (non-hydrogen) atoms. The summed E-state index contributed by atoms with van der Waals surface area (Å²) in [5.74, 6) is 0. The molecule has 0 aliphatic carbocycles. The van der Waals surface area contributed by atoms with Gasteiger partial charge >= 0.3 is 0 Å². The first-order valence-electron chi connectivity index (χ1n) is 9.71. The summed E-state index contributed by atoms with van der Waals surface area (Å²) in [7, 11) is 0. The summed E-state index contributed by atoms with van der Waals surface area (Å²) in [6.45, 7) is 11.4. The molecule has 1 aromatic rings. The van der Waals surface area contributed by atoms with Gasteiger partial charge in [-0.05, 0) is 86.1 Å². The van der Waals surface area contributed by atoms with Crippen LogP contribution in [0.15, 0.2) is 47.9 Å². The number of fused-ring (bicyclic) bond motifs is 5. The van der Waals surface area contributed by atoms with Crippen molar-refractivity contribution in [2.24, 2.45) is 0 Å². The Kier molecular flexibility index (Phi) is 3.34. The highest BCUT2D eigenvalue weighted by Crippen LogP contribution is 2.29. The molecule has 0 bridgehead atoms. The number of hydrogen-bond acceptors (Lipinski definition) is 2. The smallest absolute Gasteiger partial charge is 0.0519 e. The van der Waals surface area contributed by atoms with Gasteiger partial charge in [0.1, 0.15) is 0 Å². The van der Waals surface area contributed by atoms with Crippen LogP contribution in [0.4, 0.5) is 0 Å². The highest BCUT2D eigenvalue weighted by Gasteiger charge is 2.28. The largest absolute Gasteiger partial charge is 0.347 e. The third kappa shape index (κ3) is 1.99. The second kappa shape index (κ2) is 5.51. The van der Waals surface area contributed by atoms with Crippen molar-refractivity contribution < 1.29 is 0 Å². The van der Waals surface area contributed by atoms with E-state index in [2.05, 4.69) is 74.2 Å². The maximum Gasteiger partial charge on any atom is 0.0519 e. The first-order valence-corrected chi connectivity index (χ1v) is 9.71. The highest BCUT2D eigenvalue weighted by atomic mass is 15.1. The van der Waals surface area contributed by atoms with Crippen molar-refractivity contribution in [1.29, 1.82) is 0 Å². The van der Waals surface area contributed by atoms with Crippen LogP contribution in [0.1, 0.15) is 36.1 Å². The van der Waals surface area contributed by atoms with Crippen molar-refractivity contribution in [2.45, 2.75) is 40.5 Å². The minimum Gasteiger partial charge on any atom is -0.347 e. The van der Waals surface area contributed by atoms with E-state index < -0.39 is 0 Å². The van der Waals surface area contributed by atoms with E-state index in [0.29, 0.717) is 0 Å². The molecular formula is C24H26N2. The highest BCUT2D eigenvalue weighted by molar-refractivity contribution is 5.74. The van der Waals surface area contributed by atoms with Crippen molar-refractivity contribution >= 4 is 11.4 Å². The Hall–Kier alpha value is -2.48. The zero-order valence-electron chi connectivity index (χ0n) is 16.2.